The number of aryl methyl sites for hydroxylation is 3. The van der Waals surface area contributed by atoms with Gasteiger partial charge in [-0.05, 0) is 57.0 Å². The molecule has 0 saturated carbocycles. The van der Waals surface area contributed by atoms with Crippen LogP contribution < -0.4 is 15.4 Å². The Bertz CT molecular complexity index is 845. The second kappa shape index (κ2) is 5.67. The predicted molar refractivity (Wildman–Crippen MR) is 93.4 cm³/mol. The quantitative estimate of drug-likeness (QED) is 0.833. The van der Waals surface area contributed by atoms with Crippen LogP contribution in [0.4, 0.5) is 11.4 Å². The molecule has 2 N–H and O–H groups in total. The Balaban J connectivity index is 1.88. The first kappa shape index (κ1) is 16.1. The van der Waals surface area contributed by atoms with Crippen molar-refractivity contribution in [1.29, 1.82) is 0 Å². The number of carbonyl (C=O) groups excluding carboxylic acids is 2. The lowest BCUT2D eigenvalue weighted by atomic mass is 10.0. The molecule has 0 bridgehead atoms. The Labute approximate surface area is 141 Å². The van der Waals surface area contributed by atoms with Crippen molar-refractivity contribution in [2.24, 2.45) is 0 Å². The van der Waals surface area contributed by atoms with Crippen molar-refractivity contribution in [3.05, 3.63) is 53.1 Å². The van der Waals surface area contributed by atoms with E-state index in [1.165, 1.54) is 6.92 Å². The fourth-order valence-electron chi connectivity index (χ4n) is 2.68. The first-order chi connectivity index (χ1) is 11.3. The molecule has 0 radical (unpaired) electrons. The zero-order valence-electron chi connectivity index (χ0n) is 14.2. The van der Waals surface area contributed by atoms with Gasteiger partial charge < -0.3 is 15.4 Å². The highest BCUT2D eigenvalue weighted by molar-refractivity contribution is 6.19. The summed E-state index contributed by atoms with van der Waals surface area (Å²) in [5, 5.41) is 5.55. The predicted octanol–water partition coefficient (Wildman–Crippen LogP) is 3.34. The summed E-state index contributed by atoms with van der Waals surface area (Å²) >= 11 is 0. The standard InChI is InChI=1S/C19H20N2O3/c1-11-5-7-14(13(3)9-11)20-17(22)19(4)18(23)21-15-10-12(2)6-8-16(15)24-19/h5-10H,1-4H3,(H,20,22)(H,21,23). The molecule has 0 spiro atoms. The van der Waals surface area contributed by atoms with Crippen molar-refractivity contribution in [2.45, 2.75) is 33.3 Å². The lowest BCUT2D eigenvalue weighted by molar-refractivity contribution is -0.143. The highest BCUT2D eigenvalue weighted by atomic mass is 16.5. The molecule has 1 aliphatic rings. The maximum Gasteiger partial charge on any atom is 0.278 e. The summed E-state index contributed by atoms with van der Waals surface area (Å²) in [7, 11) is 0. The number of nitrogens with one attached hydrogen (secondary N) is 2. The van der Waals surface area contributed by atoms with Crippen LogP contribution in [0.1, 0.15) is 23.6 Å². The number of hydrogen-bond acceptors (Lipinski definition) is 3. The zero-order chi connectivity index (χ0) is 17.5. The highest BCUT2D eigenvalue weighted by Crippen LogP contribution is 2.35. The van der Waals surface area contributed by atoms with E-state index in [0.717, 1.165) is 16.7 Å². The Kier molecular flexibility index (Phi) is 3.79. The van der Waals surface area contributed by atoms with Gasteiger partial charge in [0.2, 0.25) is 0 Å². The lowest BCUT2D eigenvalue weighted by Crippen LogP contribution is -2.56. The van der Waals surface area contributed by atoms with E-state index in [9.17, 15) is 9.59 Å². The average molecular weight is 324 g/mol. The van der Waals surface area contributed by atoms with Crippen LogP contribution in [0.2, 0.25) is 0 Å². The van der Waals surface area contributed by atoms with Gasteiger partial charge in [-0.15, -0.1) is 0 Å². The molecule has 124 valence electrons. The second-order valence-corrected chi connectivity index (χ2v) is 6.36. The van der Waals surface area contributed by atoms with Gasteiger partial charge in [0.25, 0.3) is 17.4 Å². The van der Waals surface area contributed by atoms with E-state index < -0.39 is 17.4 Å². The largest absolute Gasteiger partial charge is 0.466 e. The first-order valence-corrected chi connectivity index (χ1v) is 7.79. The molecule has 1 aliphatic heterocycles. The number of rotatable bonds is 2. The molecule has 1 heterocycles. The van der Waals surface area contributed by atoms with Crippen LogP contribution in [0.3, 0.4) is 0 Å². The molecule has 0 saturated heterocycles. The minimum absolute atomic E-state index is 0.483. The van der Waals surface area contributed by atoms with E-state index in [2.05, 4.69) is 10.6 Å². The zero-order valence-corrected chi connectivity index (χ0v) is 14.2. The van der Waals surface area contributed by atoms with Gasteiger partial charge in [0.1, 0.15) is 5.75 Å². The average Bonchev–Trinajstić information content (AvgIpc) is 2.51. The molecule has 0 fully saturated rings. The number of amides is 2. The molecule has 2 aromatic rings. The first-order valence-electron chi connectivity index (χ1n) is 7.79. The van der Waals surface area contributed by atoms with Crippen LogP contribution in [0, 0.1) is 20.8 Å². The van der Waals surface area contributed by atoms with Gasteiger partial charge >= 0.3 is 0 Å². The van der Waals surface area contributed by atoms with Gasteiger partial charge in [0, 0.05) is 5.69 Å². The molecule has 24 heavy (non-hydrogen) atoms. The van der Waals surface area contributed by atoms with Crippen molar-refractivity contribution < 1.29 is 14.3 Å². The summed E-state index contributed by atoms with van der Waals surface area (Å²) in [6.45, 7) is 7.29. The summed E-state index contributed by atoms with van der Waals surface area (Å²) in [5.41, 5.74) is 2.65. The summed E-state index contributed by atoms with van der Waals surface area (Å²) in [6.07, 6.45) is 0. The molecule has 5 heteroatoms. The van der Waals surface area contributed by atoms with E-state index in [1.54, 1.807) is 6.07 Å². The van der Waals surface area contributed by atoms with Crippen molar-refractivity contribution in [3.8, 4) is 5.75 Å². The fourth-order valence-corrected chi connectivity index (χ4v) is 2.68. The Morgan fingerprint density at radius 1 is 1.08 bits per heavy atom. The minimum atomic E-state index is -1.63. The monoisotopic (exact) mass is 324 g/mol. The SMILES string of the molecule is Cc1ccc(NC(=O)C2(C)Oc3ccc(C)cc3NC2=O)c(C)c1. The molecule has 0 aromatic heterocycles. The smallest absolute Gasteiger partial charge is 0.278 e. The molecular formula is C19H20N2O3. The maximum atomic E-state index is 12.7. The van der Waals surface area contributed by atoms with Crippen molar-refractivity contribution in [1.82, 2.24) is 0 Å². The third kappa shape index (κ3) is 2.73. The molecule has 2 amide bonds. The Hall–Kier alpha value is -2.82. The normalized spacial score (nSPS) is 19.1. The van der Waals surface area contributed by atoms with Crippen LogP contribution in [0.5, 0.6) is 5.75 Å². The molecule has 0 aliphatic carbocycles. The molecule has 2 aromatic carbocycles. The third-order valence-electron chi connectivity index (χ3n) is 4.19. The van der Waals surface area contributed by atoms with Gasteiger partial charge in [0.15, 0.2) is 0 Å². The number of ether oxygens (including phenoxy) is 1. The van der Waals surface area contributed by atoms with E-state index in [-0.39, 0.29) is 0 Å². The highest BCUT2D eigenvalue weighted by Gasteiger charge is 2.47. The summed E-state index contributed by atoms with van der Waals surface area (Å²) < 4.78 is 5.76. The van der Waals surface area contributed by atoms with Gasteiger partial charge in [-0.1, -0.05) is 23.8 Å². The number of anilines is 2. The molecule has 1 unspecified atom stereocenters. The summed E-state index contributed by atoms with van der Waals surface area (Å²) in [5.74, 6) is -0.500. The number of hydrogen-bond donors (Lipinski definition) is 2. The van der Waals surface area contributed by atoms with Gasteiger partial charge in [-0.3, -0.25) is 9.59 Å². The number of fused-ring (bicyclic) bond motifs is 1. The van der Waals surface area contributed by atoms with Crippen molar-refractivity contribution in [3.63, 3.8) is 0 Å². The minimum Gasteiger partial charge on any atom is -0.466 e. The maximum absolute atomic E-state index is 12.7. The van der Waals surface area contributed by atoms with Crippen molar-refractivity contribution >= 4 is 23.2 Å². The molecule has 5 nitrogen and oxygen atoms in total. The van der Waals surface area contributed by atoms with Crippen molar-refractivity contribution in [2.75, 3.05) is 10.6 Å². The van der Waals surface area contributed by atoms with Crippen LogP contribution in [0.15, 0.2) is 36.4 Å². The van der Waals surface area contributed by atoms with E-state index in [4.69, 9.17) is 4.74 Å². The molecule has 3 rings (SSSR count). The number of carbonyl (C=O) groups is 2. The van der Waals surface area contributed by atoms with Crippen LogP contribution in [-0.4, -0.2) is 17.4 Å². The van der Waals surface area contributed by atoms with E-state index >= 15 is 0 Å². The van der Waals surface area contributed by atoms with Gasteiger partial charge in [-0.25, -0.2) is 0 Å². The van der Waals surface area contributed by atoms with E-state index in [1.807, 2.05) is 51.1 Å². The summed E-state index contributed by atoms with van der Waals surface area (Å²) in [4.78, 5) is 25.2. The van der Waals surface area contributed by atoms with Gasteiger partial charge in [-0.2, -0.15) is 0 Å². The van der Waals surface area contributed by atoms with Gasteiger partial charge in [0.05, 0.1) is 5.69 Å². The van der Waals surface area contributed by atoms with Crippen LogP contribution in [-0.2, 0) is 9.59 Å². The molecular weight excluding hydrogens is 304 g/mol. The number of benzene rings is 2. The molecule has 1 atom stereocenters. The van der Waals surface area contributed by atoms with Crippen LogP contribution >= 0.6 is 0 Å². The van der Waals surface area contributed by atoms with E-state index in [0.29, 0.717) is 17.1 Å². The lowest BCUT2D eigenvalue weighted by Gasteiger charge is -2.33. The third-order valence-corrected chi connectivity index (χ3v) is 4.19. The summed E-state index contributed by atoms with van der Waals surface area (Å²) in [6, 6.07) is 11.1. The Morgan fingerprint density at radius 2 is 1.75 bits per heavy atom. The Morgan fingerprint density at radius 3 is 2.46 bits per heavy atom. The fraction of sp³-hybridized carbons (Fsp3) is 0.263. The second-order valence-electron chi connectivity index (χ2n) is 6.36. The van der Waals surface area contributed by atoms with Crippen LogP contribution in [0.25, 0.3) is 0 Å². The topological polar surface area (TPSA) is 67.4 Å².